The van der Waals surface area contributed by atoms with Crippen LogP contribution in [-0.2, 0) is 15.7 Å². The topological polar surface area (TPSA) is 105 Å². The summed E-state index contributed by atoms with van der Waals surface area (Å²) in [4.78, 5) is 7.28. The molecule has 3 unspecified atom stereocenters. The minimum absolute atomic E-state index is 0.0620. The normalized spacial score (nSPS) is 29.1. The number of fused-ring (bicyclic) bond motifs is 3. The van der Waals surface area contributed by atoms with Gasteiger partial charge in [-0.2, -0.15) is 0 Å². The molecule has 2 N–H and O–H groups in total. The van der Waals surface area contributed by atoms with Gasteiger partial charge in [0.15, 0.2) is 22.8 Å². The van der Waals surface area contributed by atoms with Crippen molar-refractivity contribution in [2.24, 2.45) is 5.92 Å². The molecule has 2 aliphatic rings. The van der Waals surface area contributed by atoms with Gasteiger partial charge in [0.2, 0.25) is 10.0 Å². The number of aromatic nitrogens is 5. The van der Waals surface area contributed by atoms with E-state index in [0.29, 0.717) is 42.5 Å². The predicted octanol–water partition coefficient (Wildman–Crippen LogP) is 2.04. The van der Waals surface area contributed by atoms with Crippen molar-refractivity contribution in [1.82, 2.24) is 29.3 Å². The fourth-order valence-electron chi connectivity index (χ4n) is 4.34. The Morgan fingerprint density at radius 2 is 2.22 bits per heavy atom. The summed E-state index contributed by atoms with van der Waals surface area (Å²) in [6.45, 7) is 1.92. The summed E-state index contributed by atoms with van der Waals surface area (Å²) in [7, 11) is -3.36. The van der Waals surface area contributed by atoms with Gasteiger partial charge in [-0.1, -0.05) is 6.92 Å². The van der Waals surface area contributed by atoms with E-state index in [1.165, 1.54) is 0 Å². The summed E-state index contributed by atoms with van der Waals surface area (Å²) in [5.41, 5.74) is 0.0627. The molecule has 10 heteroatoms. The Balaban J connectivity index is 1.56. The van der Waals surface area contributed by atoms with Crippen molar-refractivity contribution >= 4 is 26.8 Å². The summed E-state index contributed by atoms with van der Waals surface area (Å²) in [6.07, 6.45) is 5.78. The van der Waals surface area contributed by atoms with E-state index in [1.54, 1.807) is 16.8 Å². The number of rotatable bonds is 5. The average molecular weight is 392 g/mol. The molecule has 144 valence electrons. The second kappa shape index (κ2) is 5.71. The highest BCUT2D eigenvalue weighted by atomic mass is 32.2. The van der Waals surface area contributed by atoms with Crippen molar-refractivity contribution < 1.29 is 12.8 Å². The molecule has 8 nitrogen and oxygen atoms in total. The molecule has 3 aromatic rings. The molecule has 0 spiro atoms. The summed E-state index contributed by atoms with van der Waals surface area (Å²) < 4.78 is 45.4. The van der Waals surface area contributed by atoms with E-state index in [9.17, 15) is 8.42 Å². The third kappa shape index (κ3) is 2.57. The van der Waals surface area contributed by atoms with Crippen molar-refractivity contribution in [3.63, 3.8) is 0 Å². The van der Waals surface area contributed by atoms with Gasteiger partial charge in [-0.25, -0.2) is 22.5 Å². The zero-order valence-electron chi connectivity index (χ0n) is 14.9. The van der Waals surface area contributed by atoms with Crippen LogP contribution in [-0.4, -0.2) is 44.3 Å². The molecule has 0 bridgehead atoms. The Kier molecular flexibility index (Phi) is 3.61. The van der Waals surface area contributed by atoms with Gasteiger partial charge in [0, 0.05) is 24.6 Å². The molecular weight excluding hydrogens is 371 g/mol. The molecule has 5 rings (SSSR count). The van der Waals surface area contributed by atoms with Crippen LogP contribution in [0.3, 0.4) is 0 Å². The Morgan fingerprint density at radius 3 is 2.96 bits per heavy atom. The fourth-order valence-corrected chi connectivity index (χ4v) is 5.94. The van der Waals surface area contributed by atoms with Gasteiger partial charge in [0.1, 0.15) is 0 Å². The van der Waals surface area contributed by atoms with Crippen LogP contribution in [0.2, 0.25) is 0 Å². The molecule has 3 aromatic heterocycles. The van der Waals surface area contributed by atoms with Crippen LogP contribution in [0, 0.1) is 5.92 Å². The summed E-state index contributed by atoms with van der Waals surface area (Å²) in [5.74, 6) is -0.108. The molecule has 0 amide bonds. The first kappa shape index (κ1) is 17.1. The van der Waals surface area contributed by atoms with E-state index in [-0.39, 0.29) is 23.4 Å². The molecule has 0 saturated heterocycles. The number of alkyl halides is 1. The van der Waals surface area contributed by atoms with Gasteiger partial charge in [-0.3, -0.25) is 4.40 Å². The SMILES string of the molecule is CCC1CC(NS(=O)(=O)C2CC2)CC1(F)c1nnc2cnc3[nH]ccc3n12. The van der Waals surface area contributed by atoms with Crippen LogP contribution in [0.5, 0.6) is 0 Å². The first-order chi connectivity index (χ1) is 12.9. The second-order valence-electron chi connectivity index (χ2n) is 7.65. The number of nitrogens with zero attached hydrogens (tertiary/aromatic N) is 4. The largest absolute Gasteiger partial charge is 0.345 e. The Morgan fingerprint density at radius 1 is 1.41 bits per heavy atom. The maximum absolute atomic E-state index is 16.4. The van der Waals surface area contributed by atoms with Crippen molar-refractivity contribution in [3.05, 3.63) is 24.3 Å². The predicted molar refractivity (Wildman–Crippen MR) is 97.3 cm³/mol. The van der Waals surface area contributed by atoms with E-state index in [1.807, 2.05) is 13.0 Å². The number of nitrogens with one attached hydrogen (secondary N) is 2. The lowest BCUT2D eigenvalue weighted by atomic mass is 9.89. The first-order valence-electron chi connectivity index (χ1n) is 9.30. The quantitative estimate of drug-likeness (QED) is 0.691. The lowest BCUT2D eigenvalue weighted by Gasteiger charge is -2.24. The molecule has 3 atom stereocenters. The number of hydrogen-bond donors (Lipinski definition) is 2. The minimum Gasteiger partial charge on any atom is -0.345 e. The van der Waals surface area contributed by atoms with Crippen LogP contribution >= 0.6 is 0 Å². The molecule has 27 heavy (non-hydrogen) atoms. The van der Waals surface area contributed by atoms with Crippen molar-refractivity contribution in [2.75, 3.05) is 0 Å². The van der Waals surface area contributed by atoms with Crippen LogP contribution in [0.1, 0.15) is 44.9 Å². The molecule has 0 aliphatic heterocycles. The number of hydrogen-bond acceptors (Lipinski definition) is 5. The van der Waals surface area contributed by atoms with Gasteiger partial charge in [-0.05, 0) is 31.7 Å². The zero-order chi connectivity index (χ0) is 18.8. The average Bonchev–Trinajstić information content (AvgIpc) is 3.11. The van der Waals surface area contributed by atoms with Gasteiger partial charge in [0.25, 0.3) is 0 Å². The smallest absolute Gasteiger partial charge is 0.214 e. The van der Waals surface area contributed by atoms with Gasteiger partial charge in [-0.15, -0.1) is 10.2 Å². The lowest BCUT2D eigenvalue weighted by molar-refractivity contribution is 0.0927. The molecule has 0 aromatic carbocycles. The van der Waals surface area contributed by atoms with Gasteiger partial charge < -0.3 is 4.98 Å². The second-order valence-corrected chi connectivity index (χ2v) is 9.65. The summed E-state index contributed by atoms with van der Waals surface area (Å²) in [6, 6.07) is 1.39. The van der Waals surface area contributed by atoms with Crippen LogP contribution in [0.25, 0.3) is 16.8 Å². The van der Waals surface area contributed by atoms with E-state index >= 15 is 4.39 Å². The highest BCUT2D eigenvalue weighted by molar-refractivity contribution is 7.90. The third-order valence-corrected chi connectivity index (χ3v) is 7.87. The molecular formula is C17H21FN6O2S. The molecule has 3 heterocycles. The maximum atomic E-state index is 16.4. The number of halogens is 1. The van der Waals surface area contributed by atoms with E-state index < -0.39 is 21.7 Å². The zero-order valence-corrected chi connectivity index (χ0v) is 15.7. The van der Waals surface area contributed by atoms with E-state index in [2.05, 4.69) is 24.9 Å². The summed E-state index contributed by atoms with van der Waals surface area (Å²) >= 11 is 0. The summed E-state index contributed by atoms with van der Waals surface area (Å²) in [5, 5.41) is 7.95. The van der Waals surface area contributed by atoms with Crippen LogP contribution in [0.4, 0.5) is 4.39 Å². The van der Waals surface area contributed by atoms with Crippen LogP contribution < -0.4 is 4.72 Å². The van der Waals surface area contributed by atoms with E-state index in [4.69, 9.17) is 0 Å². The standard InChI is InChI=1S/C17H21FN6O2S/c1-2-10-7-11(23-27(25,26)12-3-4-12)8-17(10,18)16-22-21-14-9-20-15-13(24(14)16)5-6-19-15/h5-6,9-12,19,23H,2-4,7-8H2,1H3. The highest BCUT2D eigenvalue weighted by Crippen LogP contribution is 2.48. The number of H-pyrrole nitrogens is 1. The minimum atomic E-state index is -3.36. The Hall–Kier alpha value is -2.07. The fraction of sp³-hybridized carbons (Fsp3) is 0.588. The maximum Gasteiger partial charge on any atom is 0.214 e. The molecule has 2 aliphatic carbocycles. The van der Waals surface area contributed by atoms with E-state index in [0.717, 1.165) is 0 Å². The molecule has 0 radical (unpaired) electrons. The van der Waals surface area contributed by atoms with Crippen molar-refractivity contribution in [2.45, 2.75) is 56.0 Å². The van der Waals surface area contributed by atoms with Gasteiger partial charge >= 0.3 is 0 Å². The molecule has 2 saturated carbocycles. The van der Waals surface area contributed by atoms with Crippen LogP contribution in [0.15, 0.2) is 18.5 Å². The van der Waals surface area contributed by atoms with Crippen molar-refractivity contribution in [1.29, 1.82) is 0 Å². The highest BCUT2D eigenvalue weighted by Gasteiger charge is 2.53. The van der Waals surface area contributed by atoms with Gasteiger partial charge in [0.05, 0.1) is 17.0 Å². The monoisotopic (exact) mass is 392 g/mol. The lowest BCUT2D eigenvalue weighted by Crippen LogP contribution is -2.36. The number of aromatic amines is 1. The van der Waals surface area contributed by atoms with Crippen molar-refractivity contribution in [3.8, 4) is 0 Å². The Bertz CT molecular complexity index is 1120. The number of sulfonamides is 1. The Labute approximate surface area is 155 Å². The first-order valence-corrected chi connectivity index (χ1v) is 10.8. The molecule has 2 fully saturated rings. The third-order valence-electron chi connectivity index (χ3n) is 5.86.